The Morgan fingerprint density at radius 3 is 2.62 bits per heavy atom. The summed E-state index contributed by atoms with van der Waals surface area (Å²) >= 11 is 9.30. The van der Waals surface area contributed by atoms with E-state index < -0.39 is 0 Å². The topological polar surface area (TPSA) is 41.1 Å². The average Bonchev–Trinajstić information content (AvgIpc) is 2.74. The minimum absolute atomic E-state index is 0.0907. The highest BCUT2D eigenvalue weighted by atomic mass is 79.9. The van der Waals surface area contributed by atoms with Crippen LogP contribution in [-0.4, -0.2) is 25.0 Å². The first-order valence-corrected chi connectivity index (χ1v) is 8.80. The van der Waals surface area contributed by atoms with Crippen LogP contribution in [0.3, 0.4) is 0 Å². The zero-order chi connectivity index (χ0) is 15.1. The van der Waals surface area contributed by atoms with E-state index in [0.717, 1.165) is 11.0 Å². The molecule has 1 aromatic carbocycles. The van der Waals surface area contributed by atoms with Gasteiger partial charge in [-0.1, -0.05) is 37.3 Å². The van der Waals surface area contributed by atoms with Gasteiger partial charge in [-0.05, 0) is 47.0 Å². The molecule has 3 nitrogen and oxygen atoms in total. The highest BCUT2D eigenvalue weighted by molar-refractivity contribution is 9.10. The monoisotopic (exact) mass is 372 g/mol. The molecule has 21 heavy (non-hydrogen) atoms. The Balaban J connectivity index is 1.72. The van der Waals surface area contributed by atoms with Crippen LogP contribution in [0.4, 0.5) is 0 Å². The Morgan fingerprint density at radius 2 is 1.90 bits per heavy atom. The highest BCUT2D eigenvalue weighted by Gasteiger charge is 2.12. The van der Waals surface area contributed by atoms with Crippen molar-refractivity contribution in [2.24, 2.45) is 0 Å². The molecule has 2 N–H and O–H groups in total. The zero-order valence-electron chi connectivity index (χ0n) is 12.1. The summed E-state index contributed by atoms with van der Waals surface area (Å²) in [5.74, 6) is -0.0907. The van der Waals surface area contributed by atoms with E-state index in [1.165, 1.54) is 38.5 Å². The SMILES string of the molecule is O=C(NCCNC1CCCCCC1)c1cc(Cl)ccc1Br. The van der Waals surface area contributed by atoms with E-state index in [0.29, 0.717) is 23.2 Å². The number of carbonyl (C=O) groups excluding carboxylic acids is 1. The molecule has 1 fully saturated rings. The Bertz CT molecular complexity index is 473. The highest BCUT2D eigenvalue weighted by Crippen LogP contribution is 2.21. The van der Waals surface area contributed by atoms with Crippen molar-refractivity contribution in [3.63, 3.8) is 0 Å². The summed E-state index contributed by atoms with van der Waals surface area (Å²) < 4.78 is 0.765. The third-order valence-electron chi connectivity index (χ3n) is 3.87. The molecule has 1 aliphatic carbocycles. The van der Waals surface area contributed by atoms with Gasteiger partial charge in [0.2, 0.25) is 0 Å². The number of rotatable bonds is 5. The van der Waals surface area contributed by atoms with Gasteiger partial charge in [-0.25, -0.2) is 0 Å². The van der Waals surface area contributed by atoms with Gasteiger partial charge in [-0.3, -0.25) is 4.79 Å². The van der Waals surface area contributed by atoms with Crippen LogP contribution in [0.1, 0.15) is 48.9 Å². The van der Waals surface area contributed by atoms with Gasteiger partial charge in [-0.2, -0.15) is 0 Å². The van der Waals surface area contributed by atoms with E-state index in [1.807, 2.05) is 0 Å². The maximum atomic E-state index is 12.1. The van der Waals surface area contributed by atoms with Crippen LogP contribution in [0, 0.1) is 0 Å². The zero-order valence-corrected chi connectivity index (χ0v) is 14.5. The molecule has 0 saturated heterocycles. The first-order chi connectivity index (χ1) is 10.2. The Hall–Kier alpha value is -0.580. The molecule has 1 aliphatic rings. The minimum atomic E-state index is -0.0907. The third kappa shape index (κ3) is 5.61. The number of carbonyl (C=O) groups is 1. The molecule has 1 amide bonds. The molecular formula is C16H22BrClN2O. The number of nitrogens with one attached hydrogen (secondary N) is 2. The summed E-state index contributed by atoms with van der Waals surface area (Å²) in [5.41, 5.74) is 0.581. The maximum Gasteiger partial charge on any atom is 0.252 e. The standard InChI is InChI=1S/C16H22BrClN2O/c17-15-8-7-12(18)11-14(15)16(21)20-10-9-19-13-5-3-1-2-4-6-13/h7-8,11,13,19H,1-6,9-10H2,(H,20,21). The quantitative estimate of drug-likeness (QED) is 0.601. The smallest absolute Gasteiger partial charge is 0.252 e. The lowest BCUT2D eigenvalue weighted by Gasteiger charge is -2.16. The predicted octanol–water partition coefficient (Wildman–Crippen LogP) is 4.14. The van der Waals surface area contributed by atoms with E-state index in [-0.39, 0.29) is 5.91 Å². The molecule has 1 saturated carbocycles. The Kier molecular flexibility index (Phi) is 7.00. The largest absolute Gasteiger partial charge is 0.351 e. The van der Waals surface area contributed by atoms with Gasteiger partial charge >= 0.3 is 0 Å². The van der Waals surface area contributed by atoms with E-state index in [1.54, 1.807) is 18.2 Å². The third-order valence-corrected chi connectivity index (χ3v) is 4.80. The van der Waals surface area contributed by atoms with Crippen molar-refractivity contribution in [1.82, 2.24) is 10.6 Å². The fraction of sp³-hybridized carbons (Fsp3) is 0.562. The molecule has 0 heterocycles. The number of hydrogen-bond acceptors (Lipinski definition) is 2. The van der Waals surface area contributed by atoms with Crippen LogP contribution in [0.15, 0.2) is 22.7 Å². The lowest BCUT2D eigenvalue weighted by molar-refractivity contribution is 0.0952. The predicted molar refractivity (Wildman–Crippen MR) is 91.0 cm³/mol. The van der Waals surface area contributed by atoms with Gasteiger partial charge in [0.1, 0.15) is 0 Å². The van der Waals surface area contributed by atoms with Crippen LogP contribution in [0.25, 0.3) is 0 Å². The van der Waals surface area contributed by atoms with E-state index in [2.05, 4.69) is 26.6 Å². The summed E-state index contributed by atoms with van der Waals surface area (Å²) in [7, 11) is 0. The second-order valence-electron chi connectivity index (χ2n) is 5.52. The number of amides is 1. The summed E-state index contributed by atoms with van der Waals surface area (Å²) in [6, 6.07) is 5.85. The molecule has 0 radical (unpaired) electrons. The molecule has 0 unspecified atom stereocenters. The first kappa shape index (κ1) is 16.8. The van der Waals surface area contributed by atoms with Crippen LogP contribution in [0.2, 0.25) is 5.02 Å². The molecule has 1 aromatic rings. The van der Waals surface area contributed by atoms with Crippen LogP contribution in [0.5, 0.6) is 0 Å². The number of hydrogen-bond donors (Lipinski definition) is 2. The van der Waals surface area contributed by atoms with Gasteiger partial charge in [0.15, 0.2) is 0 Å². The fourth-order valence-electron chi connectivity index (χ4n) is 2.70. The summed E-state index contributed by atoms with van der Waals surface area (Å²) in [4.78, 5) is 12.1. The maximum absolute atomic E-state index is 12.1. The molecule has 5 heteroatoms. The van der Waals surface area contributed by atoms with Gasteiger partial charge in [0.25, 0.3) is 5.91 Å². The van der Waals surface area contributed by atoms with Crippen molar-refractivity contribution in [3.05, 3.63) is 33.3 Å². The molecule has 0 aliphatic heterocycles. The summed E-state index contributed by atoms with van der Waals surface area (Å²) in [6.45, 7) is 1.45. The lowest BCUT2D eigenvalue weighted by atomic mass is 10.1. The molecule has 0 aromatic heterocycles. The summed E-state index contributed by atoms with van der Waals surface area (Å²) in [6.07, 6.45) is 7.87. The second kappa shape index (κ2) is 8.76. The van der Waals surface area contributed by atoms with E-state index in [9.17, 15) is 4.79 Å². The average molecular weight is 374 g/mol. The van der Waals surface area contributed by atoms with Gasteiger partial charge < -0.3 is 10.6 Å². The molecule has 0 spiro atoms. The Labute approximate surface area is 140 Å². The van der Waals surface area contributed by atoms with Crippen molar-refractivity contribution in [3.8, 4) is 0 Å². The summed E-state index contributed by atoms with van der Waals surface area (Å²) in [5, 5.41) is 7.04. The van der Waals surface area contributed by atoms with Crippen LogP contribution < -0.4 is 10.6 Å². The van der Waals surface area contributed by atoms with Crippen molar-refractivity contribution in [2.75, 3.05) is 13.1 Å². The van der Waals surface area contributed by atoms with Gasteiger partial charge in [0, 0.05) is 28.6 Å². The molecule has 0 atom stereocenters. The molecule has 0 bridgehead atoms. The normalized spacial score (nSPS) is 16.5. The fourth-order valence-corrected chi connectivity index (χ4v) is 3.30. The van der Waals surface area contributed by atoms with Crippen molar-refractivity contribution < 1.29 is 4.79 Å². The Morgan fingerprint density at radius 1 is 1.19 bits per heavy atom. The number of halogens is 2. The van der Waals surface area contributed by atoms with Crippen molar-refractivity contribution in [2.45, 2.75) is 44.6 Å². The molecular weight excluding hydrogens is 352 g/mol. The van der Waals surface area contributed by atoms with Crippen molar-refractivity contribution in [1.29, 1.82) is 0 Å². The van der Waals surface area contributed by atoms with Gasteiger partial charge in [-0.15, -0.1) is 0 Å². The molecule has 116 valence electrons. The minimum Gasteiger partial charge on any atom is -0.351 e. The van der Waals surface area contributed by atoms with Gasteiger partial charge in [0.05, 0.1) is 5.56 Å². The van der Waals surface area contributed by atoms with Crippen LogP contribution in [-0.2, 0) is 0 Å². The van der Waals surface area contributed by atoms with Crippen molar-refractivity contribution >= 4 is 33.4 Å². The number of benzene rings is 1. The first-order valence-electron chi connectivity index (χ1n) is 7.63. The van der Waals surface area contributed by atoms with Crippen LogP contribution >= 0.6 is 27.5 Å². The lowest BCUT2D eigenvalue weighted by Crippen LogP contribution is -2.37. The second-order valence-corrected chi connectivity index (χ2v) is 6.81. The van der Waals surface area contributed by atoms with E-state index in [4.69, 9.17) is 11.6 Å². The molecule has 2 rings (SSSR count). The van der Waals surface area contributed by atoms with E-state index >= 15 is 0 Å².